The van der Waals surface area contributed by atoms with Crippen molar-refractivity contribution in [2.45, 2.75) is 56.5 Å². The van der Waals surface area contributed by atoms with E-state index in [0.717, 1.165) is 19.3 Å². The maximum Gasteiger partial charge on any atom is 0.307 e. The van der Waals surface area contributed by atoms with Crippen LogP contribution in [0, 0.1) is 5.92 Å². The van der Waals surface area contributed by atoms with Crippen molar-refractivity contribution in [2.75, 3.05) is 20.3 Å². The molecule has 1 heterocycles. The van der Waals surface area contributed by atoms with Crippen LogP contribution in [-0.4, -0.2) is 43.8 Å². The zero-order chi connectivity index (χ0) is 15.3. The number of ether oxygens (including phenoxy) is 2. The lowest BCUT2D eigenvalue weighted by atomic mass is 9.86. The van der Waals surface area contributed by atoms with E-state index < -0.39 is 5.54 Å². The van der Waals surface area contributed by atoms with Crippen LogP contribution in [0.15, 0.2) is 0 Å². The molecule has 2 fully saturated rings. The molecule has 0 radical (unpaired) electrons. The van der Waals surface area contributed by atoms with Crippen molar-refractivity contribution >= 4 is 24.3 Å². The summed E-state index contributed by atoms with van der Waals surface area (Å²) in [6.45, 7) is 1.11. The zero-order valence-electron chi connectivity index (χ0n) is 13.1. The normalized spacial score (nSPS) is 26.8. The number of amides is 1. The van der Waals surface area contributed by atoms with Gasteiger partial charge in [-0.2, -0.15) is 0 Å². The van der Waals surface area contributed by atoms with Crippen molar-refractivity contribution in [2.24, 2.45) is 11.7 Å². The summed E-state index contributed by atoms with van der Waals surface area (Å²) in [6, 6.07) is 0.127. The number of nitrogens with two attached hydrogens (primary N) is 1. The maximum atomic E-state index is 12.3. The minimum absolute atomic E-state index is 0. The molecule has 0 spiro atoms. The van der Waals surface area contributed by atoms with Crippen LogP contribution in [0.25, 0.3) is 0 Å². The van der Waals surface area contributed by atoms with Crippen LogP contribution < -0.4 is 11.1 Å². The maximum absolute atomic E-state index is 12.3. The molecule has 128 valence electrons. The van der Waals surface area contributed by atoms with E-state index in [4.69, 9.17) is 15.2 Å². The first-order chi connectivity index (χ1) is 10.0. The molecule has 3 N–H and O–H groups in total. The fourth-order valence-corrected chi connectivity index (χ4v) is 3.36. The zero-order valence-corrected chi connectivity index (χ0v) is 14.0. The molecule has 2 atom stereocenters. The largest absolute Gasteiger partial charge is 0.469 e. The van der Waals surface area contributed by atoms with E-state index in [1.165, 1.54) is 7.11 Å². The van der Waals surface area contributed by atoms with E-state index in [1.54, 1.807) is 0 Å². The number of hydrogen-bond donors (Lipinski definition) is 2. The molecule has 0 aromatic rings. The molecule has 1 aliphatic carbocycles. The van der Waals surface area contributed by atoms with Crippen LogP contribution in [-0.2, 0) is 19.1 Å². The van der Waals surface area contributed by atoms with Gasteiger partial charge in [0.05, 0.1) is 19.1 Å². The lowest BCUT2D eigenvalue weighted by molar-refractivity contribution is -0.144. The van der Waals surface area contributed by atoms with Crippen molar-refractivity contribution in [1.82, 2.24) is 5.32 Å². The molecule has 1 saturated heterocycles. The monoisotopic (exact) mass is 334 g/mol. The average molecular weight is 335 g/mol. The second kappa shape index (κ2) is 8.70. The van der Waals surface area contributed by atoms with E-state index in [0.29, 0.717) is 32.5 Å². The van der Waals surface area contributed by atoms with Crippen LogP contribution in [0.4, 0.5) is 0 Å². The van der Waals surface area contributed by atoms with E-state index in [2.05, 4.69) is 5.32 Å². The van der Waals surface area contributed by atoms with Crippen molar-refractivity contribution in [1.29, 1.82) is 0 Å². The summed E-state index contributed by atoms with van der Waals surface area (Å²) in [4.78, 5) is 24.0. The Morgan fingerprint density at radius 2 is 2.00 bits per heavy atom. The first kappa shape index (κ1) is 19.2. The van der Waals surface area contributed by atoms with Gasteiger partial charge in [-0.15, -0.1) is 12.4 Å². The van der Waals surface area contributed by atoms with Crippen molar-refractivity contribution in [3.63, 3.8) is 0 Å². The Morgan fingerprint density at radius 1 is 1.32 bits per heavy atom. The molecule has 0 unspecified atom stereocenters. The minimum atomic E-state index is -0.523. The molecule has 6 nitrogen and oxygen atoms in total. The Hall–Kier alpha value is -0.850. The van der Waals surface area contributed by atoms with Gasteiger partial charge in [0.2, 0.25) is 5.91 Å². The van der Waals surface area contributed by atoms with Gasteiger partial charge >= 0.3 is 5.97 Å². The molecule has 2 aliphatic rings. The highest BCUT2D eigenvalue weighted by Gasteiger charge is 2.37. The van der Waals surface area contributed by atoms with Crippen LogP contribution in [0.3, 0.4) is 0 Å². The second-order valence-electron chi connectivity index (χ2n) is 6.25. The molecule has 0 aromatic heterocycles. The number of carbonyl (C=O) groups excluding carboxylic acids is 2. The molecule has 22 heavy (non-hydrogen) atoms. The molecule has 1 saturated carbocycles. The summed E-state index contributed by atoms with van der Waals surface area (Å²) in [5.41, 5.74) is 5.50. The number of esters is 1. The van der Waals surface area contributed by atoms with Crippen LogP contribution in [0.5, 0.6) is 0 Å². The van der Waals surface area contributed by atoms with Gasteiger partial charge in [0.15, 0.2) is 0 Å². The van der Waals surface area contributed by atoms with Gasteiger partial charge in [-0.1, -0.05) is 6.42 Å². The summed E-state index contributed by atoms with van der Waals surface area (Å²) in [5, 5.41) is 3.07. The highest BCUT2D eigenvalue weighted by atomic mass is 35.5. The quantitative estimate of drug-likeness (QED) is 0.736. The van der Waals surface area contributed by atoms with E-state index in [1.807, 2.05) is 0 Å². The van der Waals surface area contributed by atoms with Crippen molar-refractivity contribution < 1.29 is 19.1 Å². The van der Waals surface area contributed by atoms with Gasteiger partial charge < -0.3 is 20.5 Å². The summed E-state index contributed by atoms with van der Waals surface area (Å²) in [6.07, 6.45) is 5.05. The predicted molar refractivity (Wildman–Crippen MR) is 84.7 cm³/mol. The summed E-state index contributed by atoms with van der Waals surface area (Å²) < 4.78 is 10.1. The van der Waals surface area contributed by atoms with Gasteiger partial charge in [0, 0.05) is 25.7 Å². The van der Waals surface area contributed by atoms with Crippen LogP contribution in [0.2, 0.25) is 0 Å². The molecule has 0 bridgehead atoms. The lowest BCUT2D eigenvalue weighted by Gasteiger charge is -2.37. The SMILES string of the molecule is COC(=O)CC1(NC(=O)C[C@@H]2CCC[C@H]2N)CCOCC1.Cl. The molecular weight excluding hydrogens is 308 g/mol. The standard InChI is InChI=1S/C15H26N2O4.ClH/c1-20-14(19)10-15(5-7-21-8-6-15)17-13(18)9-11-3-2-4-12(11)16;/h11-12H,2-10,16H2,1H3,(H,17,18);1H/t11-,12+;/m0./s1. The van der Waals surface area contributed by atoms with Gasteiger partial charge in [-0.05, 0) is 31.6 Å². The Kier molecular flexibility index (Phi) is 7.59. The summed E-state index contributed by atoms with van der Waals surface area (Å²) in [7, 11) is 1.37. The topological polar surface area (TPSA) is 90.7 Å². The van der Waals surface area contributed by atoms with Crippen molar-refractivity contribution in [3.8, 4) is 0 Å². The minimum Gasteiger partial charge on any atom is -0.469 e. The fourth-order valence-electron chi connectivity index (χ4n) is 3.36. The molecule has 0 aromatic carbocycles. The molecule has 1 aliphatic heterocycles. The fraction of sp³-hybridized carbons (Fsp3) is 0.867. The van der Waals surface area contributed by atoms with Gasteiger partial charge in [0.1, 0.15) is 0 Å². The average Bonchev–Trinajstić information content (AvgIpc) is 2.84. The number of rotatable bonds is 5. The smallest absolute Gasteiger partial charge is 0.307 e. The molecule has 2 rings (SSSR count). The van der Waals surface area contributed by atoms with Gasteiger partial charge in [-0.25, -0.2) is 0 Å². The Balaban J connectivity index is 0.00000242. The van der Waals surface area contributed by atoms with E-state index in [9.17, 15) is 9.59 Å². The molecular formula is C15H27ClN2O4. The number of hydrogen-bond acceptors (Lipinski definition) is 5. The first-order valence-corrected chi connectivity index (χ1v) is 7.76. The lowest BCUT2D eigenvalue weighted by Crippen LogP contribution is -2.53. The number of nitrogens with one attached hydrogen (secondary N) is 1. The highest BCUT2D eigenvalue weighted by molar-refractivity contribution is 5.85. The number of methoxy groups -OCH3 is 1. The molecule has 1 amide bonds. The van der Waals surface area contributed by atoms with Gasteiger partial charge in [0.25, 0.3) is 0 Å². The third-order valence-corrected chi connectivity index (χ3v) is 4.73. The Bertz CT molecular complexity index is 386. The van der Waals surface area contributed by atoms with Crippen molar-refractivity contribution in [3.05, 3.63) is 0 Å². The highest BCUT2D eigenvalue weighted by Crippen LogP contribution is 2.29. The third-order valence-electron chi connectivity index (χ3n) is 4.73. The summed E-state index contributed by atoms with van der Waals surface area (Å²) in [5.74, 6) is -0.0436. The Morgan fingerprint density at radius 3 is 2.55 bits per heavy atom. The van der Waals surface area contributed by atoms with Gasteiger partial charge in [-0.3, -0.25) is 9.59 Å². The van der Waals surface area contributed by atoms with Crippen LogP contribution in [0.1, 0.15) is 44.9 Å². The predicted octanol–water partition coefficient (Wildman–Crippen LogP) is 1.15. The van der Waals surface area contributed by atoms with E-state index >= 15 is 0 Å². The third kappa shape index (κ3) is 5.11. The number of carbonyl (C=O) groups is 2. The molecule has 7 heteroatoms. The summed E-state index contributed by atoms with van der Waals surface area (Å²) >= 11 is 0. The Labute approximate surface area is 137 Å². The van der Waals surface area contributed by atoms with E-state index in [-0.39, 0.29) is 42.7 Å². The first-order valence-electron chi connectivity index (χ1n) is 7.76. The van der Waals surface area contributed by atoms with Crippen LogP contribution >= 0.6 is 12.4 Å². The second-order valence-corrected chi connectivity index (χ2v) is 6.25. The number of halogens is 1.